The third-order valence-corrected chi connectivity index (χ3v) is 10.7. The summed E-state index contributed by atoms with van der Waals surface area (Å²) in [7, 11) is 0. The quantitative estimate of drug-likeness (QED) is 0.173. The molecule has 4 aliphatic rings. The van der Waals surface area contributed by atoms with Gasteiger partial charge in [-0.1, -0.05) is 13.8 Å². The number of ether oxygens (including phenoxy) is 3. The van der Waals surface area contributed by atoms with Crippen LogP contribution in [0.15, 0.2) is 34.0 Å². The first-order chi connectivity index (χ1) is 20.8. The Morgan fingerprint density at radius 1 is 1.11 bits per heavy atom. The summed E-state index contributed by atoms with van der Waals surface area (Å²) >= 11 is 0. The molecule has 14 nitrogen and oxygen atoms in total. The molecule has 6 N–H and O–H groups in total. The summed E-state index contributed by atoms with van der Waals surface area (Å²) in [4.78, 5) is 52.2. The van der Waals surface area contributed by atoms with E-state index in [9.17, 15) is 44.7 Å². The minimum absolute atomic E-state index is 0.0269. The van der Waals surface area contributed by atoms with Crippen LogP contribution in [0, 0.1) is 16.7 Å². The Morgan fingerprint density at radius 3 is 2.31 bits per heavy atom. The average Bonchev–Trinajstić information content (AvgIpc) is 3.48. The number of hydrogen-bond donors (Lipinski definition) is 6. The van der Waals surface area contributed by atoms with Gasteiger partial charge in [-0.25, -0.2) is 4.79 Å². The Kier molecular flexibility index (Phi) is 8.11. The van der Waals surface area contributed by atoms with Gasteiger partial charge in [-0.15, -0.1) is 0 Å². The first-order valence-electron chi connectivity index (χ1n) is 14.9. The highest BCUT2D eigenvalue weighted by Gasteiger charge is 2.76. The molecule has 1 amide bonds. The maximum Gasteiger partial charge on any atom is 0.338 e. The lowest BCUT2D eigenvalue weighted by molar-refractivity contribution is -0.345. The maximum absolute atomic E-state index is 14.3. The Labute approximate surface area is 259 Å². The summed E-state index contributed by atoms with van der Waals surface area (Å²) in [6, 6.07) is 1.61. The zero-order valence-electron chi connectivity index (χ0n) is 26.0. The topological polar surface area (TPSA) is 222 Å². The van der Waals surface area contributed by atoms with Crippen LogP contribution < -0.4 is 5.32 Å². The molecule has 1 aromatic heterocycles. The van der Waals surface area contributed by atoms with Crippen molar-refractivity contribution in [3.05, 3.63) is 35.3 Å². The van der Waals surface area contributed by atoms with E-state index in [1.807, 2.05) is 0 Å². The van der Waals surface area contributed by atoms with Crippen LogP contribution in [0.2, 0.25) is 0 Å². The number of aliphatic hydroxyl groups excluding tert-OH is 3. The molecule has 2 saturated carbocycles. The van der Waals surface area contributed by atoms with Crippen molar-refractivity contribution in [3.8, 4) is 0 Å². The maximum atomic E-state index is 14.3. The number of Topliss-reactive ketones (excluding diaryl/α,β-unsaturated/α-hetero) is 1. The zero-order valence-corrected chi connectivity index (χ0v) is 26.0. The SMILES string of the molecule is CC(=O)N[C@@H](c1ccco1)[C@@H](O)C(=O)O[C@H]1C[C@@]2(O)[C@@H](OC(C)=O)[C@@H]3[C@]4(O)CO[C@@H]4C[C@H](O)[C@@]3(C)C(=O)[C@H](O)C(=C1C)C2(C)C. The fourth-order valence-electron chi connectivity index (χ4n) is 8.14. The van der Waals surface area contributed by atoms with Gasteiger partial charge in [0.1, 0.15) is 41.3 Å². The smallest absolute Gasteiger partial charge is 0.338 e. The Morgan fingerprint density at radius 2 is 1.78 bits per heavy atom. The van der Waals surface area contributed by atoms with Crippen molar-refractivity contribution in [3.63, 3.8) is 0 Å². The number of rotatable bonds is 6. The molecule has 3 fully saturated rings. The average molecular weight is 636 g/mol. The molecule has 1 saturated heterocycles. The highest BCUT2D eigenvalue weighted by atomic mass is 16.6. The lowest BCUT2D eigenvalue weighted by atomic mass is 9.45. The molecule has 0 unspecified atom stereocenters. The highest BCUT2D eigenvalue weighted by molar-refractivity contribution is 5.93. The third kappa shape index (κ3) is 4.76. The van der Waals surface area contributed by atoms with Gasteiger partial charge in [0.25, 0.3) is 0 Å². The number of hydrogen-bond acceptors (Lipinski definition) is 13. The second-order valence-corrected chi connectivity index (χ2v) is 13.5. The summed E-state index contributed by atoms with van der Waals surface area (Å²) in [5.74, 6) is -4.91. The molecule has 248 valence electrons. The number of nitrogens with one attached hydrogen (secondary N) is 1. The second kappa shape index (κ2) is 11.0. The van der Waals surface area contributed by atoms with Gasteiger partial charge in [0, 0.05) is 38.0 Å². The molecule has 1 aromatic rings. The first kappa shape index (κ1) is 33.2. The number of furan rings is 1. The van der Waals surface area contributed by atoms with E-state index in [0.29, 0.717) is 0 Å². The minimum atomic E-state index is -2.22. The summed E-state index contributed by atoms with van der Waals surface area (Å²) in [5, 5.41) is 61.2. The van der Waals surface area contributed by atoms with Crippen molar-refractivity contribution in [2.45, 2.75) is 108 Å². The van der Waals surface area contributed by atoms with E-state index in [4.69, 9.17) is 18.6 Å². The zero-order chi connectivity index (χ0) is 33.4. The monoisotopic (exact) mass is 635 g/mol. The van der Waals surface area contributed by atoms with Gasteiger partial charge in [-0.05, 0) is 37.1 Å². The molecule has 14 heteroatoms. The molecule has 5 rings (SSSR count). The molecular weight excluding hydrogens is 594 g/mol. The van der Waals surface area contributed by atoms with Crippen molar-refractivity contribution in [2.75, 3.05) is 6.61 Å². The van der Waals surface area contributed by atoms with Crippen molar-refractivity contribution in [1.82, 2.24) is 5.32 Å². The van der Waals surface area contributed by atoms with Gasteiger partial charge in [0.2, 0.25) is 5.91 Å². The molecule has 2 heterocycles. The van der Waals surface area contributed by atoms with Gasteiger partial charge in [-0.2, -0.15) is 0 Å². The summed E-state index contributed by atoms with van der Waals surface area (Å²) in [6.07, 6.45) is -8.66. The van der Waals surface area contributed by atoms with Gasteiger partial charge in [0.15, 0.2) is 11.9 Å². The van der Waals surface area contributed by atoms with Crippen LogP contribution in [0.25, 0.3) is 0 Å². The predicted molar refractivity (Wildman–Crippen MR) is 151 cm³/mol. The second-order valence-electron chi connectivity index (χ2n) is 13.5. The largest absolute Gasteiger partial charge is 0.467 e. The molecule has 0 radical (unpaired) electrons. The van der Waals surface area contributed by atoms with Gasteiger partial charge in [0.05, 0.1) is 30.5 Å². The summed E-state index contributed by atoms with van der Waals surface area (Å²) in [5.41, 5.74) is -7.32. The number of ketones is 1. The lowest BCUT2D eigenvalue weighted by Gasteiger charge is -2.66. The van der Waals surface area contributed by atoms with Crippen LogP contribution >= 0.6 is 0 Å². The van der Waals surface area contributed by atoms with Crippen molar-refractivity contribution < 1.29 is 63.3 Å². The first-order valence-corrected chi connectivity index (χ1v) is 14.9. The summed E-state index contributed by atoms with van der Waals surface area (Å²) in [6.45, 7) is 7.94. The number of amides is 1. The van der Waals surface area contributed by atoms with Crippen molar-refractivity contribution in [2.24, 2.45) is 16.7 Å². The third-order valence-electron chi connectivity index (χ3n) is 10.7. The van der Waals surface area contributed by atoms with Crippen LogP contribution in [0.1, 0.15) is 66.2 Å². The van der Waals surface area contributed by atoms with Crippen molar-refractivity contribution >= 4 is 23.6 Å². The van der Waals surface area contributed by atoms with Crippen molar-refractivity contribution in [1.29, 1.82) is 0 Å². The number of fused-ring (bicyclic) bond motifs is 5. The molecule has 2 bridgehead atoms. The molecule has 0 aromatic carbocycles. The molecule has 3 aliphatic carbocycles. The Hall–Kier alpha value is -3.14. The van der Waals surface area contributed by atoms with Crippen LogP contribution in [0.5, 0.6) is 0 Å². The molecule has 11 atom stereocenters. The van der Waals surface area contributed by atoms with Crippen LogP contribution in [0.3, 0.4) is 0 Å². The Bertz CT molecular complexity index is 1420. The van der Waals surface area contributed by atoms with E-state index < -0.39 is 101 Å². The number of carbonyl (C=O) groups is 4. The van der Waals surface area contributed by atoms with E-state index in [-0.39, 0.29) is 29.9 Å². The standard InChI is InChI=1S/C31H41NO13/c1-13-17(45-27(39)23(37)21(32-14(2)33)16-8-7-9-42-16)11-31(41)26(44-15(3)34)24-29(6,18(35)10-19-30(24,40)12-43-19)25(38)22(36)20(13)28(31,4)5/h7-9,17-19,21-24,26,35-37,40-41H,10-12H2,1-6H3,(H,32,33)/t17-,18-,19+,21-,22+,23+,24-,26-,29+,30-,31+/m0/s1. The van der Waals surface area contributed by atoms with Gasteiger partial charge < -0.3 is 49.5 Å². The number of carbonyl (C=O) groups excluding carboxylic acids is 4. The lowest BCUT2D eigenvalue weighted by Crippen LogP contribution is -2.81. The van der Waals surface area contributed by atoms with Crippen LogP contribution in [0.4, 0.5) is 0 Å². The molecule has 1 aliphatic heterocycles. The fraction of sp³-hybridized carbons (Fsp3) is 0.677. The van der Waals surface area contributed by atoms with E-state index in [1.54, 1.807) is 0 Å². The summed E-state index contributed by atoms with van der Waals surface area (Å²) < 4.78 is 22.3. The van der Waals surface area contributed by atoms with Gasteiger partial charge >= 0.3 is 11.9 Å². The Balaban J connectivity index is 1.63. The highest BCUT2D eigenvalue weighted by Crippen LogP contribution is 2.63. The molecule has 0 spiro atoms. The normalized spacial score (nSPS) is 40.0. The van der Waals surface area contributed by atoms with Gasteiger partial charge in [-0.3, -0.25) is 14.4 Å². The van der Waals surface area contributed by atoms with Crippen LogP contribution in [-0.4, -0.2) is 104 Å². The van der Waals surface area contributed by atoms with Crippen LogP contribution in [-0.2, 0) is 33.4 Å². The number of esters is 2. The van der Waals surface area contributed by atoms with E-state index >= 15 is 0 Å². The molecule has 45 heavy (non-hydrogen) atoms. The predicted octanol–water partition coefficient (Wildman–Crippen LogP) is -0.401. The van der Waals surface area contributed by atoms with E-state index in [2.05, 4.69) is 5.32 Å². The molecular formula is C31H41NO13. The van der Waals surface area contributed by atoms with E-state index in [0.717, 1.165) is 6.92 Å². The van der Waals surface area contributed by atoms with E-state index in [1.165, 1.54) is 53.0 Å². The minimum Gasteiger partial charge on any atom is -0.467 e. The fourth-order valence-corrected chi connectivity index (χ4v) is 8.14. The number of aliphatic hydroxyl groups is 5.